The highest BCUT2D eigenvalue weighted by atomic mass is 35.5. The highest BCUT2D eigenvalue weighted by Gasteiger charge is 2.38. The van der Waals surface area contributed by atoms with Crippen LogP contribution in [0.25, 0.3) is 0 Å². The zero-order valence-corrected chi connectivity index (χ0v) is 19.1. The molecule has 1 N–H and O–H groups in total. The number of nitrogens with one attached hydrogen (secondary N) is 1. The van der Waals surface area contributed by atoms with Crippen molar-refractivity contribution in [1.82, 2.24) is 4.31 Å². The minimum Gasteiger partial charge on any atom is -0.378 e. The van der Waals surface area contributed by atoms with E-state index in [0.717, 1.165) is 35.5 Å². The summed E-state index contributed by atoms with van der Waals surface area (Å²) in [5.74, 6) is 0.544. The quantitative estimate of drug-likeness (QED) is 0.534. The summed E-state index contributed by atoms with van der Waals surface area (Å²) in [4.78, 5) is 0.394. The van der Waals surface area contributed by atoms with Gasteiger partial charge in [0.05, 0.1) is 10.9 Å². The van der Waals surface area contributed by atoms with E-state index in [1.165, 1.54) is 5.56 Å². The van der Waals surface area contributed by atoms with E-state index in [1.54, 1.807) is 10.4 Å². The van der Waals surface area contributed by atoms with Crippen molar-refractivity contribution in [3.8, 4) is 0 Å². The molecule has 3 atom stereocenters. The van der Waals surface area contributed by atoms with Crippen molar-refractivity contribution in [2.45, 2.75) is 50.0 Å². The standard InChI is InChI=1S/C24H29ClN2O2S/c1-3-13-27(14-4-2)30(28,29)19-11-12-23-22(16-19)20-9-6-10-21(20)24(26-23)17-7-5-8-18(25)15-17/h5-9,11-12,15-16,20-21,24,26H,3-4,10,13-14H2,1-2H3. The van der Waals surface area contributed by atoms with Gasteiger partial charge in [-0.05, 0) is 66.6 Å². The Bertz CT molecular complexity index is 1040. The maximum atomic E-state index is 13.3. The van der Waals surface area contributed by atoms with Gasteiger partial charge in [0.1, 0.15) is 0 Å². The van der Waals surface area contributed by atoms with Crippen molar-refractivity contribution in [2.75, 3.05) is 18.4 Å². The maximum absolute atomic E-state index is 13.3. The number of benzene rings is 2. The molecule has 3 unspecified atom stereocenters. The van der Waals surface area contributed by atoms with E-state index in [-0.39, 0.29) is 12.0 Å². The Labute approximate surface area is 185 Å². The van der Waals surface area contributed by atoms with Crippen LogP contribution in [-0.4, -0.2) is 25.8 Å². The Morgan fingerprint density at radius 1 is 1.10 bits per heavy atom. The van der Waals surface area contributed by atoms with E-state index in [2.05, 4.69) is 23.5 Å². The summed E-state index contributed by atoms with van der Waals surface area (Å²) in [6, 6.07) is 13.7. The molecule has 1 heterocycles. The molecule has 2 aliphatic rings. The summed E-state index contributed by atoms with van der Waals surface area (Å²) < 4.78 is 28.2. The third-order valence-corrected chi connectivity index (χ3v) is 8.26. The van der Waals surface area contributed by atoms with Gasteiger partial charge in [-0.2, -0.15) is 4.31 Å². The Morgan fingerprint density at radius 2 is 1.87 bits per heavy atom. The highest BCUT2D eigenvalue weighted by molar-refractivity contribution is 7.89. The van der Waals surface area contributed by atoms with E-state index in [9.17, 15) is 8.42 Å². The Hall–Kier alpha value is -1.82. The van der Waals surface area contributed by atoms with Gasteiger partial charge in [-0.3, -0.25) is 0 Å². The Balaban J connectivity index is 1.71. The zero-order chi connectivity index (χ0) is 21.3. The SMILES string of the molecule is CCCN(CCC)S(=O)(=O)c1ccc2c(c1)C1C=CCC1C(c1cccc(Cl)c1)N2. The summed E-state index contributed by atoms with van der Waals surface area (Å²) in [7, 11) is -3.49. The molecule has 0 spiro atoms. The predicted molar refractivity (Wildman–Crippen MR) is 124 cm³/mol. The first-order valence-corrected chi connectivity index (χ1v) is 12.6. The smallest absolute Gasteiger partial charge is 0.243 e. The van der Waals surface area contributed by atoms with Crippen LogP contribution >= 0.6 is 11.6 Å². The molecule has 30 heavy (non-hydrogen) atoms. The van der Waals surface area contributed by atoms with E-state index in [1.807, 2.05) is 44.2 Å². The lowest BCUT2D eigenvalue weighted by molar-refractivity contribution is 0.409. The van der Waals surface area contributed by atoms with Crippen LogP contribution in [0.15, 0.2) is 59.5 Å². The average Bonchev–Trinajstić information content (AvgIpc) is 3.23. The summed E-state index contributed by atoms with van der Waals surface area (Å²) in [5.41, 5.74) is 3.24. The molecule has 1 aliphatic heterocycles. The molecule has 0 saturated carbocycles. The first kappa shape index (κ1) is 21.4. The predicted octanol–water partition coefficient (Wildman–Crippen LogP) is 5.98. The van der Waals surface area contributed by atoms with Gasteiger partial charge in [0.15, 0.2) is 0 Å². The fourth-order valence-corrected chi connectivity index (χ4v) is 6.62. The first-order chi connectivity index (χ1) is 14.5. The number of fused-ring (bicyclic) bond motifs is 3. The van der Waals surface area contributed by atoms with E-state index in [4.69, 9.17) is 11.6 Å². The summed E-state index contributed by atoms with van der Waals surface area (Å²) in [6.45, 7) is 5.13. The fourth-order valence-electron chi connectivity index (χ4n) is 4.76. The van der Waals surface area contributed by atoms with Crippen LogP contribution in [0.2, 0.25) is 5.02 Å². The molecule has 0 bridgehead atoms. The molecule has 4 rings (SSSR count). The number of halogens is 1. The Kier molecular flexibility index (Phi) is 6.24. The van der Waals surface area contributed by atoms with Crippen LogP contribution in [0.3, 0.4) is 0 Å². The number of nitrogens with zero attached hydrogens (tertiary/aromatic N) is 1. The van der Waals surface area contributed by atoms with Gasteiger partial charge in [-0.15, -0.1) is 0 Å². The lowest BCUT2D eigenvalue weighted by atomic mass is 9.77. The lowest BCUT2D eigenvalue weighted by Gasteiger charge is -2.38. The molecule has 6 heteroatoms. The normalized spacial score (nSPS) is 22.6. The summed E-state index contributed by atoms with van der Waals surface area (Å²) in [5, 5.41) is 4.40. The molecule has 4 nitrogen and oxygen atoms in total. The van der Waals surface area contributed by atoms with E-state index in [0.29, 0.717) is 23.9 Å². The second-order valence-electron chi connectivity index (χ2n) is 8.18. The van der Waals surface area contributed by atoms with Crippen molar-refractivity contribution in [3.05, 3.63) is 70.8 Å². The monoisotopic (exact) mass is 444 g/mol. The molecule has 0 fully saturated rings. The van der Waals surface area contributed by atoms with Crippen molar-refractivity contribution in [1.29, 1.82) is 0 Å². The van der Waals surface area contributed by atoms with E-state index < -0.39 is 10.0 Å². The molecule has 0 saturated heterocycles. The zero-order valence-electron chi connectivity index (χ0n) is 17.5. The van der Waals surface area contributed by atoms with Gasteiger partial charge in [-0.1, -0.05) is 49.7 Å². The summed E-state index contributed by atoms with van der Waals surface area (Å²) >= 11 is 6.24. The van der Waals surface area contributed by atoms with Gasteiger partial charge in [0, 0.05) is 29.7 Å². The number of anilines is 1. The molecule has 2 aromatic rings. The summed E-state index contributed by atoms with van der Waals surface area (Å²) in [6.07, 6.45) is 7.02. The topological polar surface area (TPSA) is 49.4 Å². The third kappa shape index (κ3) is 3.91. The van der Waals surface area contributed by atoms with Crippen LogP contribution < -0.4 is 5.32 Å². The van der Waals surface area contributed by atoms with Crippen molar-refractivity contribution in [3.63, 3.8) is 0 Å². The first-order valence-electron chi connectivity index (χ1n) is 10.8. The van der Waals surface area contributed by atoms with Crippen molar-refractivity contribution >= 4 is 27.3 Å². The minimum atomic E-state index is -3.49. The highest BCUT2D eigenvalue weighted by Crippen LogP contribution is 2.50. The largest absolute Gasteiger partial charge is 0.378 e. The average molecular weight is 445 g/mol. The minimum absolute atomic E-state index is 0.148. The van der Waals surface area contributed by atoms with Gasteiger partial charge in [-0.25, -0.2) is 8.42 Å². The maximum Gasteiger partial charge on any atom is 0.243 e. The molecule has 2 aromatic carbocycles. The number of hydrogen-bond acceptors (Lipinski definition) is 3. The molecule has 160 valence electrons. The number of sulfonamides is 1. The van der Waals surface area contributed by atoms with Gasteiger partial charge < -0.3 is 5.32 Å². The van der Waals surface area contributed by atoms with Crippen molar-refractivity contribution < 1.29 is 8.42 Å². The van der Waals surface area contributed by atoms with Gasteiger partial charge in [0.2, 0.25) is 10.0 Å². The lowest BCUT2D eigenvalue weighted by Crippen LogP contribution is -2.33. The van der Waals surface area contributed by atoms with Crippen LogP contribution in [0, 0.1) is 5.92 Å². The number of allylic oxidation sites excluding steroid dienone is 2. The Morgan fingerprint density at radius 3 is 2.57 bits per heavy atom. The number of rotatable bonds is 7. The molecular formula is C24H29ClN2O2S. The molecular weight excluding hydrogens is 416 g/mol. The van der Waals surface area contributed by atoms with Gasteiger partial charge >= 0.3 is 0 Å². The molecule has 0 aromatic heterocycles. The van der Waals surface area contributed by atoms with Crippen LogP contribution in [0.5, 0.6) is 0 Å². The fraction of sp³-hybridized carbons (Fsp3) is 0.417. The second-order valence-corrected chi connectivity index (χ2v) is 10.6. The molecule has 1 aliphatic carbocycles. The van der Waals surface area contributed by atoms with Crippen LogP contribution in [-0.2, 0) is 10.0 Å². The second kappa shape index (κ2) is 8.74. The van der Waals surface area contributed by atoms with Crippen LogP contribution in [0.4, 0.5) is 5.69 Å². The van der Waals surface area contributed by atoms with Crippen molar-refractivity contribution in [2.24, 2.45) is 5.92 Å². The van der Waals surface area contributed by atoms with Gasteiger partial charge in [0.25, 0.3) is 0 Å². The molecule has 0 radical (unpaired) electrons. The molecule has 0 amide bonds. The van der Waals surface area contributed by atoms with Crippen LogP contribution in [0.1, 0.15) is 56.2 Å². The third-order valence-electron chi connectivity index (χ3n) is 6.13. The number of hydrogen-bond donors (Lipinski definition) is 1. The van der Waals surface area contributed by atoms with E-state index >= 15 is 0 Å².